The van der Waals surface area contributed by atoms with Crippen molar-refractivity contribution in [2.24, 2.45) is 0 Å². The highest BCUT2D eigenvalue weighted by atomic mass is 14.2. The number of hydrogen-bond acceptors (Lipinski definition) is 0. The van der Waals surface area contributed by atoms with Crippen molar-refractivity contribution in [2.75, 3.05) is 0 Å². The van der Waals surface area contributed by atoms with Crippen LogP contribution in [0.5, 0.6) is 0 Å². The Balaban J connectivity index is 2.48. The highest BCUT2D eigenvalue weighted by molar-refractivity contribution is 6.00. The Hall–Kier alpha value is -1.82. The van der Waals surface area contributed by atoms with E-state index in [1.807, 2.05) is 0 Å². The average Bonchev–Trinajstić information content (AvgIpc) is 2.34. The first-order chi connectivity index (χ1) is 8.97. The minimum Gasteiger partial charge on any atom is -0.0616 e. The zero-order valence-corrected chi connectivity index (χ0v) is 12.1. The van der Waals surface area contributed by atoms with Gasteiger partial charge in [0, 0.05) is 0 Å². The fourth-order valence-corrected chi connectivity index (χ4v) is 3.12. The fraction of sp³-hybridized carbons (Fsp3) is 0.263. The third-order valence-corrected chi connectivity index (χ3v) is 3.84. The van der Waals surface area contributed by atoms with E-state index in [9.17, 15) is 0 Å². The SMILES string of the molecule is Cc1ccc2cc3ccccc3cc2c1C(C)(C)C. The van der Waals surface area contributed by atoms with E-state index in [1.54, 1.807) is 0 Å². The summed E-state index contributed by atoms with van der Waals surface area (Å²) in [4.78, 5) is 0. The summed E-state index contributed by atoms with van der Waals surface area (Å²) < 4.78 is 0. The normalized spacial score (nSPS) is 12.2. The molecule has 0 saturated heterocycles. The number of benzene rings is 3. The molecular formula is C19H20. The van der Waals surface area contributed by atoms with E-state index in [0.29, 0.717) is 0 Å². The van der Waals surface area contributed by atoms with Gasteiger partial charge in [-0.3, -0.25) is 0 Å². The maximum absolute atomic E-state index is 2.35. The highest BCUT2D eigenvalue weighted by Gasteiger charge is 2.19. The Bertz CT molecular complexity index is 758. The maximum atomic E-state index is 2.35. The molecule has 0 aromatic heterocycles. The van der Waals surface area contributed by atoms with Crippen molar-refractivity contribution < 1.29 is 0 Å². The minimum absolute atomic E-state index is 0.173. The third kappa shape index (κ3) is 2.02. The number of hydrogen-bond donors (Lipinski definition) is 0. The summed E-state index contributed by atoms with van der Waals surface area (Å²) >= 11 is 0. The van der Waals surface area contributed by atoms with Gasteiger partial charge in [0.15, 0.2) is 0 Å². The molecule has 0 nitrogen and oxygen atoms in total. The summed E-state index contributed by atoms with van der Waals surface area (Å²) in [6, 6.07) is 17.7. The average molecular weight is 248 g/mol. The zero-order chi connectivity index (χ0) is 13.6. The molecule has 0 spiro atoms. The highest BCUT2D eigenvalue weighted by Crippen LogP contribution is 2.34. The largest absolute Gasteiger partial charge is 0.0616 e. The monoisotopic (exact) mass is 248 g/mol. The van der Waals surface area contributed by atoms with Crippen LogP contribution in [0.2, 0.25) is 0 Å². The molecule has 0 atom stereocenters. The van der Waals surface area contributed by atoms with E-state index < -0.39 is 0 Å². The molecule has 0 bridgehead atoms. The quantitative estimate of drug-likeness (QED) is 0.454. The first-order valence-electron chi connectivity index (χ1n) is 6.89. The smallest absolute Gasteiger partial charge is 0.0123 e. The van der Waals surface area contributed by atoms with E-state index in [0.717, 1.165) is 0 Å². The molecule has 0 amide bonds. The van der Waals surface area contributed by atoms with E-state index in [4.69, 9.17) is 0 Å². The van der Waals surface area contributed by atoms with Gasteiger partial charge in [-0.05, 0) is 57.1 Å². The van der Waals surface area contributed by atoms with Crippen molar-refractivity contribution in [3.05, 3.63) is 59.7 Å². The Kier molecular flexibility index (Phi) is 2.63. The Labute approximate surface area is 115 Å². The van der Waals surface area contributed by atoms with Crippen molar-refractivity contribution in [2.45, 2.75) is 33.1 Å². The predicted molar refractivity (Wildman–Crippen MR) is 84.9 cm³/mol. The van der Waals surface area contributed by atoms with Gasteiger partial charge in [0.2, 0.25) is 0 Å². The van der Waals surface area contributed by atoms with Gasteiger partial charge in [-0.2, -0.15) is 0 Å². The molecule has 0 unspecified atom stereocenters. The van der Waals surface area contributed by atoms with Crippen LogP contribution >= 0.6 is 0 Å². The fourth-order valence-electron chi connectivity index (χ4n) is 3.12. The molecule has 3 rings (SSSR count). The van der Waals surface area contributed by atoms with Gasteiger partial charge in [-0.15, -0.1) is 0 Å². The maximum Gasteiger partial charge on any atom is -0.0123 e. The van der Waals surface area contributed by atoms with Gasteiger partial charge in [0.05, 0.1) is 0 Å². The number of fused-ring (bicyclic) bond motifs is 2. The molecule has 0 aliphatic heterocycles. The van der Waals surface area contributed by atoms with Crippen LogP contribution in [0.25, 0.3) is 21.5 Å². The predicted octanol–water partition coefficient (Wildman–Crippen LogP) is 5.60. The second kappa shape index (κ2) is 4.09. The number of rotatable bonds is 0. The lowest BCUT2D eigenvalue weighted by atomic mass is 9.80. The van der Waals surface area contributed by atoms with Gasteiger partial charge in [0.25, 0.3) is 0 Å². The van der Waals surface area contributed by atoms with Gasteiger partial charge in [-0.25, -0.2) is 0 Å². The molecule has 0 heterocycles. The van der Waals surface area contributed by atoms with Crippen molar-refractivity contribution in [1.82, 2.24) is 0 Å². The lowest BCUT2D eigenvalue weighted by Gasteiger charge is -2.24. The molecule has 0 aliphatic carbocycles. The summed E-state index contributed by atoms with van der Waals surface area (Å²) in [6.45, 7) is 9.10. The molecule has 0 heteroatoms. The summed E-state index contributed by atoms with van der Waals surface area (Å²) in [5, 5.41) is 5.38. The third-order valence-electron chi connectivity index (χ3n) is 3.84. The van der Waals surface area contributed by atoms with Crippen LogP contribution < -0.4 is 0 Å². The molecule has 19 heavy (non-hydrogen) atoms. The molecule has 0 aliphatic rings. The molecule has 0 saturated carbocycles. The molecule has 3 aromatic rings. The van der Waals surface area contributed by atoms with E-state index >= 15 is 0 Å². The van der Waals surface area contributed by atoms with Crippen LogP contribution in [0.1, 0.15) is 31.9 Å². The van der Waals surface area contributed by atoms with Crippen molar-refractivity contribution in [3.63, 3.8) is 0 Å². The summed E-state index contributed by atoms with van der Waals surface area (Å²) in [7, 11) is 0. The van der Waals surface area contributed by atoms with Gasteiger partial charge >= 0.3 is 0 Å². The minimum atomic E-state index is 0.173. The first-order valence-corrected chi connectivity index (χ1v) is 6.89. The summed E-state index contributed by atoms with van der Waals surface area (Å²) in [6.07, 6.45) is 0. The lowest BCUT2D eigenvalue weighted by Crippen LogP contribution is -2.13. The second-order valence-electron chi connectivity index (χ2n) is 6.43. The van der Waals surface area contributed by atoms with Gasteiger partial charge < -0.3 is 0 Å². The Morgan fingerprint density at radius 2 is 1.37 bits per heavy atom. The van der Waals surface area contributed by atoms with Crippen molar-refractivity contribution in [3.8, 4) is 0 Å². The number of aryl methyl sites for hydroxylation is 1. The van der Waals surface area contributed by atoms with Crippen LogP contribution in [0.3, 0.4) is 0 Å². The standard InChI is InChI=1S/C19H20/c1-13-9-10-16-11-14-7-5-6-8-15(14)12-17(16)18(13)19(2,3)4/h5-12H,1-4H3. The topological polar surface area (TPSA) is 0 Å². The Morgan fingerprint density at radius 3 is 2.00 bits per heavy atom. The van der Waals surface area contributed by atoms with Crippen LogP contribution in [-0.4, -0.2) is 0 Å². The second-order valence-corrected chi connectivity index (χ2v) is 6.43. The zero-order valence-electron chi connectivity index (χ0n) is 12.1. The van der Waals surface area contributed by atoms with Crippen molar-refractivity contribution >= 4 is 21.5 Å². The molecular weight excluding hydrogens is 228 g/mol. The Morgan fingerprint density at radius 1 is 0.737 bits per heavy atom. The van der Waals surface area contributed by atoms with E-state index in [-0.39, 0.29) is 5.41 Å². The first kappa shape index (κ1) is 12.2. The van der Waals surface area contributed by atoms with E-state index in [1.165, 1.54) is 32.7 Å². The molecule has 0 fully saturated rings. The van der Waals surface area contributed by atoms with E-state index in [2.05, 4.69) is 76.2 Å². The van der Waals surface area contributed by atoms with Gasteiger partial charge in [0.1, 0.15) is 0 Å². The lowest BCUT2D eigenvalue weighted by molar-refractivity contribution is 0.592. The summed E-state index contributed by atoms with van der Waals surface area (Å²) in [5.41, 5.74) is 3.03. The van der Waals surface area contributed by atoms with Crippen LogP contribution in [0.15, 0.2) is 48.5 Å². The van der Waals surface area contributed by atoms with Crippen LogP contribution in [0.4, 0.5) is 0 Å². The van der Waals surface area contributed by atoms with Gasteiger partial charge in [-0.1, -0.05) is 57.2 Å². The van der Waals surface area contributed by atoms with Crippen LogP contribution in [-0.2, 0) is 5.41 Å². The molecule has 0 N–H and O–H groups in total. The molecule has 3 aromatic carbocycles. The molecule has 96 valence electrons. The van der Waals surface area contributed by atoms with Crippen molar-refractivity contribution in [1.29, 1.82) is 0 Å². The molecule has 0 radical (unpaired) electrons. The van der Waals surface area contributed by atoms with Crippen LogP contribution in [0, 0.1) is 6.92 Å². The summed E-state index contributed by atoms with van der Waals surface area (Å²) in [5.74, 6) is 0.